The van der Waals surface area contributed by atoms with Crippen LogP contribution in [0.4, 0.5) is 0 Å². The maximum Gasteiger partial charge on any atom is 0.152 e. The molecule has 0 fully saturated rings. The lowest BCUT2D eigenvalue weighted by molar-refractivity contribution is -0.112. The fraction of sp³-hybridized carbons (Fsp3) is 0.143. The Bertz CT molecular complexity index is 375. The van der Waals surface area contributed by atoms with Crippen LogP contribution in [0.5, 0.6) is 0 Å². The summed E-state index contributed by atoms with van der Waals surface area (Å²) in [5.74, 6) is 0.104. The molecule has 2 rings (SSSR count). The number of rotatable bonds is 2. The number of hydrogen-bond acceptors (Lipinski definition) is 2. The molecule has 1 aliphatic rings. The summed E-state index contributed by atoms with van der Waals surface area (Å²) in [5, 5.41) is 0. The molecule has 0 N–H and O–H groups in total. The number of allylic oxidation sites excluding steroid dienone is 6. The Morgan fingerprint density at radius 3 is 2.44 bits per heavy atom. The van der Waals surface area contributed by atoms with Crippen LogP contribution in [0.2, 0.25) is 0 Å². The second-order valence-electron chi connectivity index (χ2n) is 3.34. The minimum Gasteiger partial charge on any atom is -0.295 e. The molecule has 0 aromatic carbocycles. The fourth-order valence-electron chi connectivity index (χ4n) is 1.12. The third-order valence-electron chi connectivity index (χ3n) is 1.90. The van der Waals surface area contributed by atoms with Crippen LogP contribution < -0.4 is 0 Å². The zero-order chi connectivity index (χ0) is 11.6. The van der Waals surface area contributed by atoms with E-state index >= 15 is 0 Å². The Morgan fingerprint density at radius 1 is 1.31 bits per heavy atom. The van der Waals surface area contributed by atoms with E-state index < -0.39 is 0 Å². The van der Waals surface area contributed by atoms with Crippen molar-refractivity contribution in [3.63, 3.8) is 0 Å². The average Bonchev–Trinajstić information content (AvgIpc) is 2.82. The molecule has 0 radical (unpaired) electrons. The van der Waals surface area contributed by atoms with Gasteiger partial charge < -0.3 is 0 Å². The Morgan fingerprint density at radius 2 is 2.06 bits per heavy atom. The van der Waals surface area contributed by atoms with E-state index in [1.54, 1.807) is 25.4 Å². The van der Waals surface area contributed by atoms with Crippen molar-refractivity contribution >= 4 is 5.78 Å². The molecule has 16 heavy (non-hydrogen) atoms. The highest BCUT2D eigenvalue weighted by Crippen LogP contribution is 2.10. The van der Waals surface area contributed by atoms with E-state index in [1.165, 1.54) is 5.57 Å². The summed E-state index contributed by atoms with van der Waals surface area (Å²) in [4.78, 5) is 14.3. The van der Waals surface area contributed by atoms with Gasteiger partial charge in [0.25, 0.3) is 0 Å². The van der Waals surface area contributed by atoms with E-state index in [1.807, 2.05) is 36.4 Å². The Hall–Kier alpha value is -1.96. The third kappa shape index (κ3) is 5.70. The van der Waals surface area contributed by atoms with E-state index in [-0.39, 0.29) is 5.78 Å². The van der Waals surface area contributed by atoms with Gasteiger partial charge in [0.1, 0.15) is 0 Å². The van der Waals surface area contributed by atoms with Gasteiger partial charge in [-0.25, -0.2) is 0 Å². The second kappa shape index (κ2) is 7.35. The van der Waals surface area contributed by atoms with Crippen molar-refractivity contribution in [1.82, 2.24) is 4.98 Å². The first-order valence-corrected chi connectivity index (χ1v) is 5.18. The van der Waals surface area contributed by atoms with E-state index in [9.17, 15) is 4.79 Å². The summed E-state index contributed by atoms with van der Waals surface area (Å²) in [6.07, 6.45) is 14.0. The number of nitrogens with zero attached hydrogens (tertiary/aromatic N) is 1. The number of carbonyl (C=O) groups excluding carboxylic acids is 1. The predicted molar refractivity (Wildman–Crippen MR) is 65.9 cm³/mol. The molecule has 1 aromatic heterocycles. The normalized spacial score (nSPS) is 13.2. The van der Waals surface area contributed by atoms with Gasteiger partial charge in [0.05, 0.1) is 0 Å². The van der Waals surface area contributed by atoms with Crippen molar-refractivity contribution < 1.29 is 4.79 Å². The second-order valence-corrected chi connectivity index (χ2v) is 3.34. The van der Waals surface area contributed by atoms with Crippen molar-refractivity contribution in [2.45, 2.75) is 13.3 Å². The number of pyridine rings is 1. The molecule has 0 atom stereocenters. The summed E-state index contributed by atoms with van der Waals surface area (Å²) in [7, 11) is 0. The van der Waals surface area contributed by atoms with Crippen LogP contribution in [0.25, 0.3) is 0 Å². The first kappa shape index (κ1) is 12.1. The van der Waals surface area contributed by atoms with E-state index in [2.05, 4.69) is 11.1 Å². The minimum atomic E-state index is 0.104. The number of aromatic nitrogens is 1. The lowest BCUT2D eigenvalue weighted by Gasteiger charge is -1.87. The van der Waals surface area contributed by atoms with Gasteiger partial charge in [0.2, 0.25) is 0 Å². The van der Waals surface area contributed by atoms with Crippen LogP contribution in [0.15, 0.2) is 66.5 Å². The summed E-state index contributed by atoms with van der Waals surface area (Å²) in [6.45, 7) is 1.56. The molecule has 0 spiro atoms. The lowest BCUT2D eigenvalue weighted by Crippen LogP contribution is -1.80. The summed E-state index contributed by atoms with van der Waals surface area (Å²) >= 11 is 0. The van der Waals surface area contributed by atoms with Crippen LogP contribution in [0, 0.1) is 0 Å². The molecule has 0 saturated heterocycles. The average molecular weight is 213 g/mol. The van der Waals surface area contributed by atoms with Crippen molar-refractivity contribution in [2.24, 2.45) is 0 Å². The van der Waals surface area contributed by atoms with Gasteiger partial charge in [-0.2, -0.15) is 0 Å². The maximum atomic E-state index is 10.5. The standard InChI is InChI=1S/C9H10O.C5H5N/c1-8(10)6-7-9-4-2-3-5-9;1-2-4-6-5-3-1/h2-4,6-7H,5H2,1H3;1-5H/b7-6+;. The smallest absolute Gasteiger partial charge is 0.152 e. The van der Waals surface area contributed by atoms with Crippen LogP contribution in [-0.4, -0.2) is 10.8 Å². The predicted octanol–water partition coefficient (Wildman–Crippen LogP) is 3.10. The Kier molecular flexibility index (Phi) is 5.56. The van der Waals surface area contributed by atoms with Gasteiger partial charge in [0.15, 0.2) is 5.78 Å². The molecule has 0 amide bonds. The molecule has 1 aromatic rings. The quantitative estimate of drug-likeness (QED) is 0.706. The van der Waals surface area contributed by atoms with Crippen molar-refractivity contribution in [1.29, 1.82) is 0 Å². The molecule has 1 aliphatic carbocycles. The molecule has 2 nitrogen and oxygen atoms in total. The molecular weight excluding hydrogens is 198 g/mol. The first-order valence-electron chi connectivity index (χ1n) is 5.18. The van der Waals surface area contributed by atoms with Crippen LogP contribution in [-0.2, 0) is 4.79 Å². The molecule has 1 heterocycles. The fourth-order valence-corrected chi connectivity index (χ4v) is 1.12. The molecule has 0 aliphatic heterocycles. The highest BCUT2D eigenvalue weighted by molar-refractivity contribution is 5.87. The Labute approximate surface area is 96.0 Å². The first-order chi connectivity index (χ1) is 7.79. The third-order valence-corrected chi connectivity index (χ3v) is 1.90. The van der Waals surface area contributed by atoms with Crippen LogP contribution in [0.1, 0.15) is 13.3 Å². The summed E-state index contributed by atoms with van der Waals surface area (Å²) in [6, 6.07) is 5.72. The molecule has 82 valence electrons. The van der Waals surface area contributed by atoms with Gasteiger partial charge >= 0.3 is 0 Å². The zero-order valence-corrected chi connectivity index (χ0v) is 9.34. The van der Waals surface area contributed by atoms with Gasteiger partial charge in [-0.3, -0.25) is 9.78 Å². The van der Waals surface area contributed by atoms with Crippen molar-refractivity contribution in [2.75, 3.05) is 0 Å². The monoisotopic (exact) mass is 213 g/mol. The highest BCUT2D eigenvalue weighted by atomic mass is 16.1. The van der Waals surface area contributed by atoms with E-state index in [4.69, 9.17) is 0 Å². The van der Waals surface area contributed by atoms with Crippen LogP contribution >= 0.6 is 0 Å². The molecule has 0 saturated carbocycles. The lowest BCUT2D eigenvalue weighted by atomic mass is 10.2. The van der Waals surface area contributed by atoms with Gasteiger partial charge in [-0.15, -0.1) is 0 Å². The largest absolute Gasteiger partial charge is 0.295 e. The number of ketones is 1. The van der Waals surface area contributed by atoms with E-state index in [0.717, 1.165) is 6.42 Å². The maximum absolute atomic E-state index is 10.5. The topological polar surface area (TPSA) is 30.0 Å². The van der Waals surface area contributed by atoms with Crippen LogP contribution in [0.3, 0.4) is 0 Å². The van der Waals surface area contributed by atoms with Gasteiger partial charge in [0, 0.05) is 12.4 Å². The minimum absolute atomic E-state index is 0.104. The highest BCUT2D eigenvalue weighted by Gasteiger charge is 1.92. The van der Waals surface area contributed by atoms with Gasteiger partial charge in [-0.05, 0) is 37.1 Å². The van der Waals surface area contributed by atoms with Crippen molar-refractivity contribution in [3.05, 3.63) is 66.5 Å². The Balaban J connectivity index is 0.000000181. The molecule has 2 heteroatoms. The summed E-state index contributed by atoms with van der Waals surface area (Å²) in [5.41, 5.74) is 1.20. The molecular formula is C14H15NO. The summed E-state index contributed by atoms with van der Waals surface area (Å²) < 4.78 is 0. The number of carbonyl (C=O) groups is 1. The van der Waals surface area contributed by atoms with Gasteiger partial charge in [-0.1, -0.05) is 30.4 Å². The molecule has 0 unspecified atom stereocenters. The van der Waals surface area contributed by atoms with Crippen molar-refractivity contribution in [3.8, 4) is 0 Å². The SMILES string of the molecule is CC(=O)/C=C/C1=CC=CC1.c1ccncc1. The number of hydrogen-bond donors (Lipinski definition) is 0. The zero-order valence-electron chi connectivity index (χ0n) is 9.34. The van der Waals surface area contributed by atoms with E-state index in [0.29, 0.717) is 0 Å². The molecule has 0 bridgehead atoms.